The van der Waals surface area contributed by atoms with Crippen molar-refractivity contribution in [1.29, 1.82) is 0 Å². The van der Waals surface area contributed by atoms with E-state index in [0.29, 0.717) is 25.9 Å². The quantitative estimate of drug-likeness (QED) is 0.576. The van der Waals surface area contributed by atoms with Crippen LogP contribution in [-0.4, -0.2) is 40.8 Å². The van der Waals surface area contributed by atoms with E-state index in [4.69, 9.17) is 0 Å². The Morgan fingerprint density at radius 3 is 2.31 bits per heavy atom. The van der Waals surface area contributed by atoms with Gasteiger partial charge in [-0.15, -0.1) is 0 Å². The van der Waals surface area contributed by atoms with Crippen LogP contribution in [0.3, 0.4) is 0 Å². The van der Waals surface area contributed by atoms with Gasteiger partial charge in [-0.2, -0.15) is 0 Å². The third-order valence-corrected chi connectivity index (χ3v) is 5.23. The first-order valence-electron chi connectivity index (χ1n) is 9.60. The van der Waals surface area contributed by atoms with E-state index in [-0.39, 0.29) is 29.1 Å². The van der Waals surface area contributed by atoms with Crippen molar-refractivity contribution in [2.75, 3.05) is 23.7 Å². The first kappa shape index (κ1) is 20.5. The van der Waals surface area contributed by atoms with Gasteiger partial charge in [-0.1, -0.05) is 30.3 Å². The summed E-state index contributed by atoms with van der Waals surface area (Å²) in [5.41, 5.74) is 0.827. The molecule has 0 aromatic heterocycles. The highest BCUT2D eigenvalue weighted by molar-refractivity contribution is 5.96. The summed E-state index contributed by atoms with van der Waals surface area (Å²) in [6.45, 7) is 2.99. The maximum Gasteiger partial charge on any atom is 0.292 e. The van der Waals surface area contributed by atoms with Crippen LogP contribution in [0.2, 0.25) is 0 Å². The zero-order chi connectivity index (χ0) is 20.8. The summed E-state index contributed by atoms with van der Waals surface area (Å²) in [5, 5.41) is 16.7. The van der Waals surface area contributed by atoms with Crippen molar-refractivity contribution in [2.24, 2.45) is 5.92 Å². The number of nitrogens with zero attached hydrogens (tertiary/aromatic N) is 2. The van der Waals surface area contributed by atoms with Gasteiger partial charge in [-0.05, 0) is 51.1 Å². The Hall–Kier alpha value is -3.26. The third kappa shape index (κ3) is 5.17. The fraction of sp³-hybridized carbons (Fsp3) is 0.333. The second-order valence-corrected chi connectivity index (χ2v) is 7.11. The molecule has 2 aromatic rings. The Kier molecular flexibility index (Phi) is 6.56. The maximum atomic E-state index is 12.6. The summed E-state index contributed by atoms with van der Waals surface area (Å²) in [6.07, 6.45) is 1.31. The predicted octanol–water partition coefficient (Wildman–Crippen LogP) is 3.27. The molecular formula is C21H24N4O4. The highest BCUT2D eigenvalue weighted by atomic mass is 16.6. The number of hydrogen-bond donors (Lipinski definition) is 2. The van der Waals surface area contributed by atoms with Gasteiger partial charge in [0.2, 0.25) is 11.8 Å². The standard InChI is InChI=1S/C21H24N4O4/c1-15(20(26)23-18-9-5-6-10-19(18)25(28)29)24-13-11-16(12-14-24)21(27)22-17-7-3-2-4-8-17/h2-10,15-16H,11-14H2,1H3,(H,22,27)(H,23,26)/t15-/m0/s1. The van der Waals surface area contributed by atoms with Gasteiger partial charge in [0.05, 0.1) is 11.0 Å². The molecule has 29 heavy (non-hydrogen) atoms. The molecule has 0 spiro atoms. The molecule has 0 aliphatic carbocycles. The molecule has 8 nitrogen and oxygen atoms in total. The number of para-hydroxylation sites is 3. The Morgan fingerprint density at radius 2 is 1.66 bits per heavy atom. The first-order valence-corrected chi connectivity index (χ1v) is 9.60. The highest BCUT2D eigenvalue weighted by Gasteiger charge is 2.30. The molecule has 2 amide bonds. The lowest BCUT2D eigenvalue weighted by molar-refractivity contribution is -0.383. The van der Waals surface area contributed by atoms with Gasteiger partial charge in [-0.25, -0.2) is 0 Å². The number of benzene rings is 2. The van der Waals surface area contributed by atoms with E-state index in [9.17, 15) is 19.7 Å². The van der Waals surface area contributed by atoms with Crippen LogP contribution in [0.15, 0.2) is 54.6 Å². The molecule has 0 saturated carbocycles. The molecule has 3 rings (SSSR count). The van der Waals surface area contributed by atoms with E-state index in [1.807, 2.05) is 35.2 Å². The van der Waals surface area contributed by atoms with Crippen LogP contribution < -0.4 is 10.6 Å². The zero-order valence-corrected chi connectivity index (χ0v) is 16.2. The van der Waals surface area contributed by atoms with Gasteiger partial charge in [0, 0.05) is 17.7 Å². The van der Waals surface area contributed by atoms with Crippen LogP contribution in [0.5, 0.6) is 0 Å². The van der Waals surface area contributed by atoms with E-state index in [2.05, 4.69) is 10.6 Å². The van der Waals surface area contributed by atoms with Crippen molar-refractivity contribution in [1.82, 2.24) is 4.90 Å². The number of nitrogens with one attached hydrogen (secondary N) is 2. The number of amides is 2. The molecule has 0 bridgehead atoms. The summed E-state index contributed by atoms with van der Waals surface area (Å²) < 4.78 is 0. The molecule has 1 aliphatic rings. The minimum absolute atomic E-state index is 0.00661. The molecule has 1 saturated heterocycles. The lowest BCUT2D eigenvalue weighted by Crippen LogP contribution is -2.47. The largest absolute Gasteiger partial charge is 0.326 e. The molecule has 8 heteroatoms. The SMILES string of the molecule is C[C@@H](C(=O)Nc1ccccc1[N+](=O)[O-])N1CCC(C(=O)Nc2ccccc2)CC1. The molecule has 0 unspecified atom stereocenters. The molecule has 2 N–H and O–H groups in total. The summed E-state index contributed by atoms with van der Waals surface area (Å²) in [4.78, 5) is 37.6. The van der Waals surface area contributed by atoms with E-state index in [0.717, 1.165) is 5.69 Å². The molecule has 2 aromatic carbocycles. The number of hydrogen-bond acceptors (Lipinski definition) is 5. The minimum atomic E-state index is -0.517. The molecule has 1 atom stereocenters. The van der Waals surface area contributed by atoms with Crippen LogP contribution in [-0.2, 0) is 9.59 Å². The van der Waals surface area contributed by atoms with Crippen molar-refractivity contribution >= 4 is 28.9 Å². The topological polar surface area (TPSA) is 105 Å². The van der Waals surface area contributed by atoms with Crippen molar-refractivity contribution in [3.63, 3.8) is 0 Å². The second-order valence-electron chi connectivity index (χ2n) is 7.11. The second kappa shape index (κ2) is 9.29. The number of carbonyl (C=O) groups is 2. The van der Waals surface area contributed by atoms with Crippen LogP contribution in [0, 0.1) is 16.0 Å². The molecule has 1 aliphatic heterocycles. The number of anilines is 2. The fourth-order valence-corrected chi connectivity index (χ4v) is 3.46. The van der Waals surface area contributed by atoms with Crippen LogP contribution in [0.1, 0.15) is 19.8 Å². The molecule has 1 fully saturated rings. The zero-order valence-electron chi connectivity index (χ0n) is 16.2. The van der Waals surface area contributed by atoms with Crippen LogP contribution in [0.4, 0.5) is 17.1 Å². The number of nitro groups is 1. The fourth-order valence-electron chi connectivity index (χ4n) is 3.46. The Bertz CT molecular complexity index is 879. The smallest absolute Gasteiger partial charge is 0.292 e. The molecule has 0 radical (unpaired) electrons. The Labute approximate surface area is 169 Å². The summed E-state index contributed by atoms with van der Waals surface area (Å²) >= 11 is 0. The average molecular weight is 396 g/mol. The summed E-state index contributed by atoms with van der Waals surface area (Å²) in [7, 11) is 0. The Balaban J connectivity index is 1.53. The first-order chi connectivity index (χ1) is 14.0. The van der Waals surface area contributed by atoms with E-state index in [1.54, 1.807) is 19.1 Å². The van der Waals surface area contributed by atoms with Gasteiger partial charge in [0.15, 0.2) is 0 Å². The summed E-state index contributed by atoms with van der Waals surface area (Å²) in [5.74, 6) is -0.406. The lowest BCUT2D eigenvalue weighted by Gasteiger charge is -2.34. The van der Waals surface area contributed by atoms with Gasteiger partial charge < -0.3 is 10.6 Å². The monoisotopic (exact) mass is 396 g/mol. The molecule has 1 heterocycles. The minimum Gasteiger partial charge on any atom is -0.326 e. The number of nitro benzene ring substituents is 1. The summed E-state index contributed by atoms with van der Waals surface area (Å²) in [6, 6.07) is 15.0. The van der Waals surface area contributed by atoms with Crippen molar-refractivity contribution < 1.29 is 14.5 Å². The number of piperidine rings is 1. The van der Waals surface area contributed by atoms with E-state index < -0.39 is 11.0 Å². The molecular weight excluding hydrogens is 372 g/mol. The molecule has 152 valence electrons. The van der Waals surface area contributed by atoms with Gasteiger partial charge in [-0.3, -0.25) is 24.6 Å². The lowest BCUT2D eigenvalue weighted by atomic mass is 9.94. The van der Waals surface area contributed by atoms with Crippen LogP contribution in [0.25, 0.3) is 0 Å². The maximum absolute atomic E-state index is 12.6. The van der Waals surface area contributed by atoms with Gasteiger partial charge in [0.1, 0.15) is 5.69 Å². The van der Waals surface area contributed by atoms with E-state index in [1.165, 1.54) is 12.1 Å². The predicted molar refractivity (Wildman–Crippen MR) is 111 cm³/mol. The Morgan fingerprint density at radius 1 is 1.03 bits per heavy atom. The third-order valence-electron chi connectivity index (χ3n) is 5.23. The number of carbonyl (C=O) groups excluding carboxylic acids is 2. The number of rotatable bonds is 6. The van der Waals surface area contributed by atoms with Gasteiger partial charge >= 0.3 is 0 Å². The van der Waals surface area contributed by atoms with Crippen molar-refractivity contribution in [2.45, 2.75) is 25.8 Å². The van der Waals surface area contributed by atoms with Crippen molar-refractivity contribution in [3.8, 4) is 0 Å². The van der Waals surface area contributed by atoms with Crippen molar-refractivity contribution in [3.05, 3.63) is 64.7 Å². The van der Waals surface area contributed by atoms with Gasteiger partial charge in [0.25, 0.3) is 5.69 Å². The highest BCUT2D eigenvalue weighted by Crippen LogP contribution is 2.25. The number of likely N-dealkylation sites (tertiary alicyclic amines) is 1. The normalized spacial score (nSPS) is 16.0. The van der Waals surface area contributed by atoms with Crippen LogP contribution >= 0.6 is 0 Å². The van der Waals surface area contributed by atoms with E-state index >= 15 is 0 Å². The average Bonchev–Trinajstić information content (AvgIpc) is 2.74.